The van der Waals surface area contributed by atoms with Crippen molar-refractivity contribution in [2.24, 2.45) is 0 Å². The van der Waals surface area contributed by atoms with Gasteiger partial charge in [0.15, 0.2) is 0 Å². The van der Waals surface area contributed by atoms with Crippen LogP contribution in [0.3, 0.4) is 0 Å². The topological polar surface area (TPSA) is 132 Å². The molecule has 20 heavy (non-hydrogen) atoms. The lowest BCUT2D eigenvalue weighted by atomic mass is 9.98. The van der Waals surface area contributed by atoms with Gasteiger partial charge in [-0.2, -0.15) is 0 Å². The molecule has 0 amide bonds. The molecule has 1 aromatic rings. The number of carboxylic acids is 3. The van der Waals surface area contributed by atoms with E-state index >= 15 is 0 Å². The molecular weight excluding hydrogens is 268 g/mol. The molecule has 0 saturated carbocycles. The lowest BCUT2D eigenvalue weighted by Crippen LogP contribution is -2.11. The molecule has 0 saturated heterocycles. The van der Waals surface area contributed by atoms with Crippen molar-refractivity contribution in [1.82, 2.24) is 0 Å². The number of aromatic carboxylic acids is 2. The van der Waals surface area contributed by atoms with Crippen molar-refractivity contribution < 1.29 is 34.8 Å². The third-order valence-corrected chi connectivity index (χ3v) is 2.53. The van der Waals surface area contributed by atoms with Crippen molar-refractivity contribution in [3.8, 4) is 0 Å². The molecule has 1 aromatic carbocycles. The summed E-state index contributed by atoms with van der Waals surface area (Å²) in [5, 5.41) is 35.7. The molecule has 0 aliphatic heterocycles. The molecule has 0 bridgehead atoms. The van der Waals surface area contributed by atoms with Gasteiger partial charge in [0.1, 0.15) is 0 Å². The van der Waals surface area contributed by atoms with Crippen molar-refractivity contribution >= 4 is 24.0 Å². The number of carboxylic acid groups (broad SMARTS) is 3. The van der Waals surface area contributed by atoms with Crippen molar-refractivity contribution in [2.75, 3.05) is 6.61 Å². The maximum atomic E-state index is 11.2. The van der Waals surface area contributed by atoms with Gasteiger partial charge in [-0.25, -0.2) is 14.4 Å². The summed E-state index contributed by atoms with van der Waals surface area (Å²) < 4.78 is 0. The first-order valence-corrected chi connectivity index (χ1v) is 5.52. The molecule has 0 spiro atoms. The maximum absolute atomic E-state index is 11.2. The lowest BCUT2D eigenvalue weighted by Gasteiger charge is -2.07. The molecule has 1 rings (SSSR count). The minimum atomic E-state index is -1.47. The van der Waals surface area contributed by atoms with Crippen molar-refractivity contribution in [2.45, 2.75) is 6.42 Å². The summed E-state index contributed by atoms with van der Waals surface area (Å²) in [5.41, 5.74) is -1.17. The summed E-state index contributed by atoms with van der Waals surface area (Å²) in [5.74, 6) is -4.20. The summed E-state index contributed by atoms with van der Waals surface area (Å²) >= 11 is 0. The second kappa shape index (κ2) is 6.48. The summed E-state index contributed by atoms with van der Waals surface area (Å²) in [7, 11) is 0. The van der Waals surface area contributed by atoms with Crippen LogP contribution in [0.2, 0.25) is 0 Å². The van der Waals surface area contributed by atoms with Gasteiger partial charge in [-0.05, 0) is 17.7 Å². The molecule has 0 aromatic heterocycles. The summed E-state index contributed by atoms with van der Waals surface area (Å²) in [6.45, 7) is -0.418. The van der Waals surface area contributed by atoms with Gasteiger partial charge < -0.3 is 20.4 Å². The van der Waals surface area contributed by atoms with Crippen LogP contribution in [-0.2, 0) is 4.79 Å². The smallest absolute Gasteiger partial charge is 0.337 e. The fourth-order valence-electron chi connectivity index (χ4n) is 1.66. The Kier molecular flexibility index (Phi) is 4.99. The predicted octanol–water partition coefficient (Wildman–Crippen LogP) is 0.933. The van der Waals surface area contributed by atoms with E-state index in [1.807, 2.05) is 0 Å². The zero-order valence-electron chi connectivity index (χ0n) is 10.2. The van der Waals surface area contributed by atoms with E-state index in [-0.39, 0.29) is 17.6 Å². The molecule has 0 radical (unpaired) electrons. The molecule has 0 heterocycles. The minimum Gasteiger partial charge on any atom is -0.478 e. The molecule has 0 unspecified atom stereocenters. The Labute approximate surface area is 113 Å². The molecule has 0 aliphatic carbocycles. The van der Waals surface area contributed by atoms with Crippen LogP contribution in [0.1, 0.15) is 32.7 Å². The number of aliphatic hydroxyl groups is 1. The van der Waals surface area contributed by atoms with E-state index in [1.165, 1.54) is 12.1 Å². The normalized spacial score (nSPS) is 11.2. The van der Waals surface area contributed by atoms with Crippen molar-refractivity contribution in [3.63, 3.8) is 0 Å². The molecule has 7 nitrogen and oxygen atoms in total. The van der Waals surface area contributed by atoms with Crippen LogP contribution in [0.25, 0.3) is 6.08 Å². The first kappa shape index (κ1) is 15.4. The van der Waals surface area contributed by atoms with Crippen LogP contribution in [0, 0.1) is 0 Å². The van der Waals surface area contributed by atoms with Crippen LogP contribution in [0.5, 0.6) is 0 Å². The third kappa shape index (κ3) is 3.42. The van der Waals surface area contributed by atoms with Gasteiger partial charge in [0.25, 0.3) is 0 Å². The monoisotopic (exact) mass is 280 g/mol. The van der Waals surface area contributed by atoms with Crippen molar-refractivity contribution in [3.05, 3.63) is 40.5 Å². The zero-order valence-corrected chi connectivity index (χ0v) is 10.2. The van der Waals surface area contributed by atoms with E-state index in [1.54, 1.807) is 0 Å². The van der Waals surface area contributed by atoms with Gasteiger partial charge in [0.05, 0.1) is 11.1 Å². The lowest BCUT2D eigenvalue weighted by molar-refractivity contribution is -0.132. The Morgan fingerprint density at radius 1 is 1.05 bits per heavy atom. The highest BCUT2D eigenvalue weighted by Gasteiger charge is 2.19. The average molecular weight is 280 g/mol. The summed E-state index contributed by atoms with van der Waals surface area (Å²) in [6.07, 6.45) is 0.875. The Bertz CT molecular complexity index is 586. The quantitative estimate of drug-likeness (QED) is 0.570. The largest absolute Gasteiger partial charge is 0.478 e. The van der Waals surface area contributed by atoms with E-state index < -0.39 is 35.6 Å². The van der Waals surface area contributed by atoms with Crippen LogP contribution in [0.4, 0.5) is 0 Å². The Balaban J connectivity index is 3.48. The highest BCUT2D eigenvalue weighted by atomic mass is 16.4. The van der Waals surface area contributed by atoms with Gasteiger partial charge in [-0.3, -0.25) is 0 Å². The molecule has 4 N–H and O–H groups in total. The van der Waals surface area contributed by atoms with E-state index in [9.17, 15) is 14.4 Å². The number of aliphatic carboxylic acids is 1. The van der Waals surface area contributed by atoms with Crippen LogP contribution in [0.15, 0.2) is 23.8 Å². The second-order valence-corrected chi connectivity index (χ2v) is 3.83. The predicted molar refractivity (Wildman–Crippen MR) is 67.7 cm³/mol. The van der Waals surface area contributed by atoms with E-state index in [2.05, 4.69) is 0 Å². The standard InChI is InChI=1S/C13H12O7/c14-5-4-8(11(15)16)6-7-2-1-3-9(12(17)18)10(7)13(19)20/h1-3,6,14H,4-5H2,(H,15,16)(H,17,18)(H,19,20). The summed E-state index contributed by atoms with van der Waals surface area (Å²) in [6, 6.07) is 3.74. The molecule has 7 heteroatoms. The van der Waals surface area contributed by atoms with E-state index in [0.29, 0.717) is 0 Å². The number of aliphatic hydroxyl groups excluding tert-OH is 1. The van der Waals surface area contributed by atoms with Crippen molar-refractivity contribution in [1.29, 1.82) is 0 Å². The number of carbonyl (C=O) groups is 3. The highest BCUT2D eigenvalue weighted by molar-refractivity contribution is 6.05. The van der Waals surface area contributed by atoms with E-state index in [0.717, 1.165) is 12.1 Å². The number of hydrogen-bond acceptors (Lipinski definition) is 4. The zero-order chi connectivity index (χ0) is 15.3. The molecular formula is C13H12O7. The van der Waals surface area contributed by atoms with Gasteiger partial charge >= 0.3 is 17.9 Å². The van der Waals surface area contributed by atoms with Gasteiger partial charge in [-0.15, -0.1) is 0 Å². The fourth-order valence-corrected chi connectivity index (χ4v) is 1.66. The third-order valence-electron chi connectivity index (χ3n) is 2.53. The van der Waals surface area contributed by atoms with Gasteiger partial charge in [0.2, 0.25) is 0 Å². The Morgan fingerprint density at radius 2 is 1.70 bits per heavy atom. The highest BCUT2D eigenvalue weighted by Crippen LogP contribution is 2.19. The minimum absolute atomic E-state index is 0.0387. The molecule has 0 fully saturated rings. The summed E-state index contributed by atoms with van der Waals surface area (Å²) in [4.78, 5) is 33.1. The fraction of sp³-hybridized carbons (Fsp3) is 0.154. The second-order valence-electron chi connectivity index (χ2n) is 3.83. The number of benzene rings is 1. The Morgan fingerprint density at radius 3 is 2.15 bits per heavy atom. The first-order valence-electron chi connectivity index (χ1n) is 5.52. The van der Waals surface area contributed by atoms with Crippen LogP contribution < -0.4 is 0 Å². The first-order chi connectivity index (χ1) is 9.38. The van der Waals surface area contributed by atoms with Crippen LogP contribution in [-0.4, -0.2) is 44.9 Å². The average Bonchev–Trinajstić information content (AvgIpc) is 2.37. The number of hydrogen-bond donors (Lipinski definition) is 4. The van der Waals surface area contributed by atoms with Gasteiger partial charge in [0, 0.05) is 18.6 Å². The SMILES string of the molecule is O=C(O)C(=Cc1cccc(C(=O)O)c1C(=O)O)CCO. The number of rotatable bonds is 6. The molecule has 0 atom stereocenters. The van der Waals surface area contributed by atoms with Crippen LogP contribution >= 0.6 is 0 Å². The molecule has 106 valence electrons. The Hall–Kier alpha value is -2.67. The maximum Gasteiger partial charge on any atom is 0.337 e. The van der Waals surface area contributed by atoms with E-state index in [4.69, 9.17) is 20.4 Å². The van der Waals surface area contributed by atoms with Gasteiger partial charge in [-0.1, -0.05) is 12.1 Å². The molecule has 0 aliphatic rings.